The molecule has 0 unspecified atom stereocenters. The molecule has 0 aliphatic carbocycles. The third-order valence-electron chi connectivity index (χ3n) is 3.73. The van der Waals surface area contributed by atoms with E-state index in [0.29, 0.717) is 0 Å². The zero-order valence-electron chi connectivity index (χ0n) is 12.3. The van der Waals surface area contributed by atoms with Crippen molar-refractivity contribution in [3.05, 3.63) is 29.8 Å². The van der Waals surface area contributed by atoms with E-state index in [9.17, 15) is 4.57 Å². The number of hydrogen-bond donors (Lipinski definition) is 0. The minimum Gasteiger partial charge on any atom is -0.369 e. The summed E-state index contributed by atoms with van der Waals surface area (Å²) in [6.45, 7) is 11.2. The van der Waals surface area contributed by atoms with Crippen LogP contribution < -0.4 is 4.90 Å². The maximum atomic E-state index is 11.7. The molecule has 4 heteroatoms. The lowest BCUT2D eigenvalue weighted by Gasteiger charge is -2.36. The molecule has 1 saturated heterocycles. The smallest absolute Gasteiger partial charge is 0.0831 e. The van der Waals surface area contributed by atoms with Crippen LogP contribution in [0.1, 0.15) is 5.56 Å². The van der Waals surface area contributed by atoms with E-state index in [1.54, 1.807) is 0 Å². The molecule has 19 heavy (non-hydrogen) atoms. The van der Waals surface area contributed by atoms with Gasteiger partial charge in [-0.3, -0.25) is 4.90 Å². The third-order valence-corrected chi connectivity index (χ3v) is 5.00. The maximum Gasteiger partial charge on any atom is 0.0831 e. The van der Waals surface area contributed by atoms with Crippen LogP contribution in [0.15, 0.2) is 24.3 Å². The Morgan fingerprint density at radius 2 is 1.63 bits per heavy atom. The highest BCUT2D eigenvalue weighted by Gasteiger charge is 2.18. The molecule has 1 aromatic carbocycles. The highest BCUT2D eigenvalue weighted by molar-refractivity contribution is 7.62. The molecular weight excluding hydrogens is 255 g/mol. The number of benzene rings is 1. The number of aryl methyl sites for hydroxylation is 1. The van der Waals surface area contributed by atoms with Crippen LogP contribution in [0.4, 0.5) is 5.69 Å². The monoisotopic (exact) mass is 280 g/mol. The molecule has 1 fully saturated rings. The molecule has 0 atom stereocenters. The second kappa shape index (κ2) is 6.11. The van der Waals surface area contributed by atoms with Gasteiger partial charge in [0, 0.05) is 44.6 Å². The molecule has 1 aromatic rings. The molecule has 1 heterocycles. The number of anilines is 1. The van der Waals surface area contributed by atoms with E-state index in [0.717, 1.165) is 38.9 Å². The molecule has 0 bridgehead atoms. The van der Waals surface area contributed by atoms with E-state index >= 15 is 0 Å². The quantitative estimate of drug-likeness (QED) is 0.792. The average Bonchev–Trinajstić information content (AvgIpc) is 2.37. The van der Waals surface area contributed by atoms with Gasteiger partial charge in [-0.05, 0) is 32.4 Å². The van der Waals surface area contributed by atoms with Crippen LogP contribution in [0.2, 0.25) is 0 Å². The first-order chi connectivity index (χ1) is 8.94. The fourth-order valence-corrected chi connectivity index (χ4v) is 3.13. The summed E-state index contributed by atoms with van der Waals surface area (Å²) >= 11 is 0. The fraction of sp³-hybridized carbons (Fsp3) is 0.600. The Labute approximate surface area is 117 Å². The van der Waals surface area contributed by atoms with Gasteiger partial charge in [-0.2, -0.15) is 0 Å². The van der Waals surface area contributed by atoms with Gasteiger partial charge in [0.25, 0.3) is 0 Å². The van der Waals surface area contributed by atoms with Gasteiger partial charge < -0.3 is 9.46 Å². The SMILES string of the molecule is Cc1ccc(N2CCN(CCP(C)(C)=O)CC2)cc1. The Balaban J connectivity index is 1.82. The van der Waals surface area contributed by atoms with E-state index in [4.69, 9.17) is 0 Å². The molecule has 0 spiro atoms. The van der Waals surface area contributed by atoms with Gasteiger partial charge in [-0.15, -0.1) is 0 Å². The largest absolute Gasteiger partial charge is 0.369 e. The third kappa shape index (κ3) is 4.67. The van der Waals surface area contributed by atoms with Crippen LogP contribution in [-0.4, -0.2) is 57.1 Å². The van der Waals surface area contributed by atoms with Crippen molar-refractivity contribution in [1.29, 1.82) is 0 Å². The first-order valence-corrected chi connectivity index (χ1v) is 9.81. The zero-order valence-corrected chi connectivity index (χ0v) is 13.2. The van der Waals surface area contributed by atoms with Crippen LogP contribution in [-0.2, 0) is 4.57 Å². The van der Waals surface area contributed by atoms with Gasteiger partial charge in [0.1, 0.15) is 0 Å². The lowest BCUT2D eigenvalue weighted by molar-refractivity contribution is 0.272. The van der Waals surface area contributed by atoms with Crippen LogP contribution >= 0.6 is 7.14 Å². The second-order valence-electron chi connectivity index (χ2n) is 5.96. The molecule has 0 radical (unpaired) electrons. The summed E-state index contributed by atoms with van der Waals surface area (Å²) in [5.41, 5.74) is 2.63. The Morgan fingerprint density at radius 3 is 2.16 bits per heavy atom. The van der Waals surface area contributed by atoms with E-state index in [1.165, 1.54) is 11.3 Å². The molecule has 0 aromatic heterocycles. The van der Waals surface area contributed by atoms with Crippen molar-refractivity contribution in [1.82, 2.24) is 4.90 Å². The molecule has 0 N–H and O–H groups in total. The van der Waals surface area contributed by atoms with Crippen LogP contribution in [0.5, 0.6) is 0 Å². The molecule has 0 amide bonds. The Bertz CT molecular complexity index is 444. The van der Waals surface area contributed by atoms with Crippen molar-refractivity contribution in [3.8, 4) is 0 Å². The van der Waals surface area contributed by atoms with Crippen LogP contribution in [0.25, 0.3) is 0 Å². The van der Waals surface area contributed by atoms with Gasteiger partial charge in [0.15, 0.2) is 0 Å². The number of rotatable bonds is 4. The summed E-state index contributed by atoms with van der Waals surface area (Å²) in [4.78, 5) is 4.87. The van der Waals surface area contributed by atoms with Gasteiger partial charge in [-0.25, -0.2) is 0 Å². The zero-order chi connectivity index (χ0) is 13.9. The number of nitrogens with zero attached hydrogens (tertiary/aromatic N) is 2. The summed E-state index contributed by atoms with van der Waals surface area (Å²) < 4.78 is 11.7. The summed E-state index contributed by atoms with van der Waals surface area (Å²) in [6, 6.07) is 8.76. The highest BCUT2D eigenvalue weighted by atomic mass is 31.2. The normalized spacial score (nSPS) is 17.7. The molecule has 106 valence electrons. The topological polar surface area (TPSA) is 23.6 Å². The van der Waals surface area contributed by atoms with E-state index in [1.807, 2.05) is 13.3 Å². The predicted octanol–water partition coefficient (Wildman–Crippen LogP) is 2.74. The Kier molecular flexibility index (Phi) is 4.70. The van der Waals surface area contributed by atoms with Crippen molar-refractivity contribution >= 4 is 12.8 Å². The van der Waals surface area contributed by atoms with Gasteiger partial charge >= 0.3 is 0 Å². The maximum absolute atomic E-state index is 11.7. The number of hydrogen-bond acceptors (Lipinski definition) is 3. The minimum absolute atomic E-state index is 0.845. The van der Waals surface area contributed by atoms with Gasteiger partial charge in [-0.1, -0.05) is 17.7 Å². The molecular formula is C15H25N2OP. The highest BCUT2D eigenvalue weighted by Crippen LogP contribution is 2.35. The van der Waals surface area contributed by atoms with Crippen LogP contribution in [0.3, 0.4) is 0 Å². The summed E-state index contributed by atoms with van der Waals surface area (Å²) in [5, 5.41) is 0. The van der Waals surface area contributed by atoms with Crippen LogP contribution in [0, 0.1) is 6.92 Å². The summed E-state index contributed by atoms with van der Waals surface area (Å²) in [7, 11) is -1.87. The molecule has 0 saturated carbocycles. The lowest BCUT2D eigenvalue weighted by Crippen LogP contribution is -2.47. The predicted molar refractivity (Wildman–Crippen MR) is 84.2 cm³/mol. The van der Waals surface area contributed by atoms with Crippen molar-refractivity contribution in [2.75, 3.05) is 57.1 Å². The van der Waals surface area contributed by atoms with Crippen molar-refractivity contribution in [2.45, 2.75) is 6.92 Å². The first-order valence-electron chi connectivity index (χ1n) is 7.02. The Hall–Kier alpha value is -0.790. The molecule has 2 rings (SSSR count). The average molecular weight is 280 g/mol. The Morgan fingerprint density at radius 1 is 1.05 bits per heavy atom. The number of piperazine rings is 1. The molecule has 1 aliphatic heterocycles. The lowest BCUT2D eigenvalue weighted by atomic mass is 10.2. The summed E-state index contributed by atoms with van der Waals surface area (Å²) in [5.74, 6) is 0. The van der Waals surface area contributed by atoms with Crippen molar-refractivity contribution in [2.24, 2.45) is 0 Å². The van der Waals surface area contributed by atoms with E-state index in [-0.39, 0.29) is 0 Å². The van der Waals surface area contributed by atoms with Crippen molar-refractivity contribution in [3.63, 3.8) is 0 Å². The van der Waals surface area contributed by atoms with E-state index in [2.05, 4.69) is 41.0 Å². The van der Waals surface area contributed by atoms with Gasteiger partial charge in [0.05, 0.1) is 7.14 Å². The molecule has 1 aliphatic rings. The minimum atomic E-state index is -1.87. The van der Waals surface area contributed by atoms with Gasteiger partial charge in [0.2, 0.25) is 0 Å². The van der Waals surface area contributed by atoms with E-state index < -0.39 is 7.14 Å². The molecule has 3 nitrogen and oxygen atoms in total. The van der Waals surface area contributed by atoms with Crippen molar-refractivity contribution < 1.29 is 4.57 Å². The fourth-order valence-electron chi connectivity index (χ4n) is 2.37. The second-order valence-corrected chi connectivity index (χ2v) is 9.56. The summed E-state index contributed by atoms with van der Waals surface area (Å²) in [6.07, 6.45) is 0.845. The standard InChI is InChI=1S/C15H25N2OP/c1-14-4-6-15(7-5-14)17-10-8-16(9-11-17)12-13-19(2,3)18/h4-7H,8-13H2,1-3H3. The first kappa shape index (κ1) is 14.6.